The Morgan fingerprint density at radius 1 is 0.625 bits per heavy atom. The quantitative estimate of drug-likeness (QED) is 0.138. The van der Waals surface area contributed by atoms with Gasteiger partial charge >= 0.3 is 12.4 Å². The molecule has 0 aromatic heterocycles. The van der Waals surface area contributed by atoms with Gasteiger partial charge in [0.15, 0.2) is 0 Å². The maximum absolute atomic E-state index is 12.9. The van der Waals surface area contributed by atoms with Crippen molar-refractivity contribution in [3.63, 3.8) is 0 Å². The van der Waals surface area contributed by atoms with Gasteiger partial charge in [-0.3, -0.25) is 4.90 Å². The van der Waals surface area contributed by atoms with Gasteiger partial charge in [-0.2, -0.15) is 26.3 Å². The summed E-state index contributed by atoms with van der Waals surface area (Å²) in [5.41, 5.74) is 2.55. The van der Waals surface area contributed by atoms with E-state index >= 15 is 0 Å². The Morgan fingerprint density at radius 3 is 1.61 bits per heavy atom. The van der Waals surface area contributed by atoms with Crippen LogP contribution < -0.4 is 5.32 Å². The van der Waals surface area contributed by atoms with E-state index in [9.17, 15) is 31.4 Å². The lowest BCUT2D eigenvalue weighted by molar-refractivity contribution is -0.138. The number of ether oxygens (including phenoxy) is 1. The van der Waals surface area contributed by atoms with Gasteiger partial charge in [-0.15, -0.1) is 0 Å². The van der Waals surface area contributed by atoms with Crippen LogP contribution in [0.1, 0.15) is 71.3 Å². The number of hydrogen-bond donors (Lipinski definition) is 2. The number of benzene rings is 4. The summed E-state index contributed by atoms with van der Waals surface area (Å²) in [7, 11) is 0. The molecule has 5 aliphatic rings. The molecule has 0 bridgehead atoms. The lowest BCUT2D eigenvalue weighted by Gasteiger charge is -2.22. The fourth-order valence-electron chi connectivity index (χ4n) is 9.62. The first-order valence-electron chi connectivity index (χ1n) is 20.0. The summed E-state index contributed by atoms with van der Waals surface area (Å²) in [6.45, 7) is 5.35. The van der Waals surface area contributed by atoms with Gasteiger partial charge in [0.05, 0.1) is 23.8 Å². The highest BCUT2D eigenvalue weighted by atomic mass is 19.4. The summed E-state index contributed by atoms with van der Waals surface area (Å²) >= 11 is 0. The van der Waals surface area contributed by atoms with Crippen LogP contribution in [0, 0.1) is 35.5 Å². The van der Waals surface area contributed by atoms with E-state index in [1.54, 1.807) is 12.1 Å². The first-order valence-corrected chi connectivity index (χ1v) is 20.0. The largest absolute Gasteiger partial charge is 0.416 e. The second kappa shape index (κ2) is 17.8. The summed E-state index contributed by atoms with van der Waals surface area (Å²) in [5, 5.41) is 14.0. The molecule has 2 aliphatic carbocycles. The van der Waals surface area contributed by atoms with Crippen LogP contribution >= 0.6 is 0 Å². The highest BCUT2D eigenvalue weighted by molar-refractivity contribution is 5.29. The molecular formula is C46H52F6N2O2. The van der Waals surface area contributed by atoms with Gasteiger partial charge in [0.25, 0.3) is 0 Å². The molecule has 3 heterocycles. The monoisotopic (exact) mass is 778 g/mol. The van der Waals surface area contributed by atoms with Crippen LogP contribution in [0.5, 0.6) is 0 Å². The molecule has 8 atom stereocenters. The van der Waals surface area contributed by atoms with Crippen molar-refractivity contribution < 1.29 is 36.2 Å². The Morgan fingerprint density at radius 2 is 1.11 bits per heavy atom. The van der Waals surface area contributed by atoms with Crippen molar-refractivity contribution >= 4 is 0 Å². The van der Waals surface area contributed by atoms with Crippen LogP contribution in [-0.2, 0) is 29.9 Å². The molecule has 300 valence electrons. The molecular weight excluding hydrogens is 727 g/mol. The third-order valence-corrected chi connectivity index (χ3v) is 12.4. The minimum Gasteiger partial charge on any atom is -0.387 e. The summed E-state index contributed by atoms with van der Waals surface area (Å²) in [5.74, 6) is 4.92. The van der Waals surface area contributed by atoms with Gasteiger partial charge in [0.2, 0.25) is 0 Å². The SMILES string of the molecule is FC(F)(F)c1cccc(C2CO2)c1.OC(CN1C[C@H]2CC(Cc3ccccc3)C[C@H]2C1)c1cccc(C(F)(F)F)c1.c1ccc(CC2C[C@H]3CNC[C@H]3C2)cc1. The fraction of sp³-hybridized carbons (Fsp3) is 0.478. The van der Waals surface area contributed by atoms with Gasteiger partial charge < -0.3 is 15.2 Å². The number of likely N-dealkylation sites (tertiary alicyclic amines) is 1. The molecule has 9 rings (SSSR count). The van der Waals surface area contributed by atoms with E-state index in [4.69, 9.17) is 4.74 Å². The molecule has 10 heteroatoms. The number of aliphatic hydroxyl groups is 1. The normalized spacial score (nSPS) is 27.4. The minimum atomic E-state index is -4.38. The Bertz CT molecular complexity index is 1810. The Kier molecular flexibility index (Phi) is 12.9. The number of epoxide rings is 1. The van der Waals surface area contributed by atoms with Crippen molar-refractivity contribution in [2.45, 2.75) is 63.1 Å². The minimum absolute atomic E-state index is 0.123. The second-order valence-electron chi connectivity index (χ2n) is 16.6. The van der Waals surface area contributed by atoms with Gasteiger partial charge in [-0.1, -0.05) is 84.9 Å². The molecule has 4 nitrogen and oxygen atoms in total. The van der Waals surface area contributed by atoms with E-state index < -0.39 is 29.6 Å². The topological polar surface area (TPSA) is 48.0 Å². The summed E-state index contributed by atoms with van der Waals surface area (Å²) in [6, 6.07) is 31.9. The first-order chi connectivity index (χ1) is 26.9. The molecule has 0 spiro atoms. The molecule has 0 radical (unpaired) electrons. The second-order valence-corrected chi connectivity index (χ2v) is 16.6. The molecule has 4 aromatic rings. The smallest absolute Gasteiger partial charge is 0.387 e. The maximum Gasteiger partial charge on any atom is 0.416 e. The molecule has 2 N–H and O–H groups in total. The van der Waals surface area contributed by atoms with Gasteiger partial charge in [0, 0.05) is 19.6 Å². The average molecular weight is 779 g/mol. The lowest BCUT2D eigenvalue weighted by atomic mass is 9.96. The molecule has 4 aromatic carbocycles. The number of aliphatic hydroxyl groups excluding tert-OH is 1. The number of rotatable bonds is 8. The summed E-state index contributed by atoms with van der Waals surface area (Å²) in [4.78, 5) is 2.22. The van der Waals surface area contributed by atoms with Crippen molar-refractivity contribution in [1.29, 1.82) is 0 Å². The van der Waals surface area contributed by atoms with Crippen molar-refractivity contribution in [3.05, 3.63) is 143 Å². The van der Waals surface area contributed by atoms with E-state index in [1.807, 2.05) is 6.07 Å². The standard InChI is InChI=1S/C23H26F3NO.C14H19N.C9H7F3O/c24-23(25,26)21-8-4-7-18(12-21)22(28)15-27-13-19-10-17(11-20(19)14-27)9-16-5-2-1-3-6-16;1-2-4-11(5-3-1)6-12-7-13-9-15-10-14(13)8-12;10-9(11,12)7-3-1-2-6(4-7)8-5-13-8/h1-8,12,17,19-20,22,28H,9-11,13-15H2;1-5,12-15H,6-10H2;1-4,8H,5H2/t17?,19-,20+,22?;12?,13-,14+;. The highest BCUT2D eigenvalue weighted by Gasteiger charge is 2.41. The van der Waals surface area contributed by atoms with Crippen molar-refractivity contribution in [2.24, 2.45) is 35.5 Å². The Labute approximate surface area is 326 Å². The third kappa shape index (κ3) is 11.0. The van der Waals surface area contributed by atoms with Crippen molar-refractivity contribution in [2.75, 3.05) is 39.3 Å². The highest BCUT2D eigenvalue weighted by Crippen LogP contribution is 2.44. The lowest BCUT2D eigenvalue weighted by Crippen LogP contribution is -2.28. The summed E-state index contributed by atoms with van der Waals surface area (Å²) < 4.78 is 80.2. The van der Waals surface area contributed by atoms with Gasteiger partial charge in [-0.25, -0.2) is 0 Å². The zero-order valence-corrected chi connectivity index (χ0v) is 31.6. The van der Waals surface area contributed by atoms with Crippen LogP contribution in [0.15, 0.2) is 109 Å². The molecule has 0 amide bonds. The first kappa shape index (κ1) is 40.5. The number of β-amino-alcohol motifs (C(OH)–C–C–N with tert-alkyl or cyclic N) is 1. The predicted molar refractivity (Wildman–Crippen MR) is 206 cm³/mol. The van der Waals surface area contributed by atoms with Crippen molar-refractivity contribution in [1.82, 2.24) is 10.2 Å². The van der Waals surface area contributed by atoms with E-state index in [1.165, 1.54) is 68.5 Å². The molecule has 5 fully saturated rings. The zero-order valence-electron chi connectivity index (χ0n) is 31.6. The summed E-state index contributed by atoms with van der Waals surface area (Å²) in [6.07, 6.45) is -1.92. The predicted octanol–water partition coefficient (Wildman–Crippen LogP) is 10.2. The van der Waals surface area contributed by atoms with E-state index in [0.717, 1.165) is 61.5 Å². The number of nitrogens with zero attached hydrogens (tertiary/aromatic N) is 1. The fourth-order valence-corrected chi connectivity index (χ4v) is 9.62. The Hall–Kier alpha value is -3.70. The zero-order chi connectivity index (χ0) is 39.3. The van der Waals surface area contributed by atoms with Crippen LogP contribution in [0.3, 0.4) is 0 Å². The number of fused-ring (bicyclic) bond motifs is 2. The van der Waals surface area contributed by atoms with Crippen LogP contribution in [-0.4, -0.2) is 49.3 Å². The maximum atomic E-state index is 12.9. The van der Waals surface area contributed by atoms with Crippen molar-refractivity contribution in [3.8, 4) is 0 Å². The third-order valence-electron chi connectivity index (χ3n) is 12.4. The molecule has 3 aliphatic heterocycles. The number of halogens is 6. The van der Waals surface area contributed by atoms with Gasteiger partial charge in [-0.05, 0) is 134 Å². The van der Waals surface area contributed by atoms with Crippen LogP contribution in [0.4, 0.5) is 26.3 Å². The number of hydrogen-bond acceptors (Lipinski definition) is 4. The Balaban J connectivity index is 0.000000143. The van der Waals surface area contributed by atoms with Crippen LogP contribution in [0.25, 0.3) is 0 Å². The molecule has 4 unspecified atom stereocenters. The number of alkyl halides is 6. The number of nitrogens with one attached hydrogen (secondary N) is 1. The van der Waals surface area contributed by atoms with E-state index in [2.05, 4.69) is 64.8 Å². The van der Waals surface area contributed by atoms with E-state index in [-0.39, 0.29) is 6.10 Å². The molecule has 56 heavy (non-hydrogen) atoms. The van der Waals surface area contributed by atoms with E-state index in [0.29, 0.717) is 42.0 Å². The van der Waals surface area contributed by atoms with Crippen LogP contribution in [0.2, 0.25) is 0 Å². The molecule has 3 saturated heterocycles. The van der Waals surface area contributed by atoms with Gasteiger partial charge in [0.1, 0.15) is 6.10 Å². The average Bonchev–Trinajstić information content (AvgIpc) is 3.43. The molecule has 2 saturated carbocycles.